The minimum absolute atomic E-state index is 0.0231. The topological polar surface area (TPSA) is 20.3 Å². The van der Waals surface area contributed by atoms with Crippen molar-refractivity contribution in [2.24, 2.45) is 0 Å². The van der Waals surface area contributed by atoms with Crippen LogP contribution in [0.5, 0.6) is 0 Å². The van der Waals surface area contributed by atoms with Crippen molar-refractivity contribution in [3.05, 3.63) is 51.7 Å². The second-order valence-electron chi connectivity index (χ2n) is 6.75. The smallest absolute Gasteiger partial charge is 0.236 e. The highest BCUT2D eigenvalue weighted by molar-refractivity contribution is 8.00. The van der Waals surface area contributed by atoms with Gasteiger partial charge in [0.25, 0.3) is 0 Å². The zero-order chi connectivity index (χ0) is 16.5. The van der Waals surface area contributed by atoms with Crippen LogP contribution in [-0.4, -0.2) is 22.6 Å². The van der Waals surface area contributed by atoms with Gasteiger partial charge in [-0.25, -0.2) is 0 Å². The number of benzene rings is 1. The highest BCUT2D eigenvalue weighted by atomic mass is 32.2. The molecule has 2 heterocycles. The summed E-state index contributed by atoms with van der Waals surface area (Å²) in [6.45, 7) is 2.96. The number of hydrogen-bond donors (Lipinski definition) is 0. The predicted molar refractivity (Wildman–Crippen MR) is 102 cm³/mol. The van der Waals surface area contributed by atoms with E-state index in [1.165, 1.54) is 40.2 Å². The molecule has 24 heavy (non-hydrogen) atoms. The molecule has 0 N–H and O–H groups in total. The Kier molecular flexibility index (Phi) is 4.68. The fourth-order valence-electron chi connectivity index (χ4n) is 3.92. The van der Waals surface area contributed by atoms with Gasteiger partial charge in [0.2, 0.25) is 5.91 Å². The first-order valence-electron chi connectivity index (χ1n) is 8.85. The number of amides is 1. The van der Waals surface area contributed by atoms with Crippen LogP contribution in [0.1, 0.15) is 48.2 Å². The summed E-state index contributed by atoms with van der Waals surface area (Å²) >= 11 is 3.49. The molecule has 1 aromatic carbocycles. The predicted octanol–water partition coefficient (Wildman–Crippen LogP) is 5.08. The SMILES string of the molecule is CC(Sc1ccc2c(c1)CCC2)C(=O)N1CCCC1c1cccs1. The first-order chi connectivity index (χ1) is 11.7. The first-order valence-corrected chi connectivity index (χ1v) is 10.6. The Hall–Kier alpha value is -1.26. The normalized spacial score (nSPS) is 21.0. The number of nitrogens with zero attached hydrogens (tertiary/aromatic N) is 1. The summed E-state index contributed by atoms with van der Waals surface area (Å²) in [7, 11) is 0. The van der Waals surface area contributed by atoms with Gasteiger partial charge in [0.1, 0.15) is 0 Å². The summed E-state index contributed by atoms with van der Waals surface area (Å²) < 4.78 is 0. The van der Waals surface area contributed by atoms with Gasteiger partial charge in [-0.1, -0.05) is 12.1 Å². The monoisotopic (exact) mass is 357 g/mol. The molecule has 1 saturated heterocycles. The van der Waals surface area contributed by atoms with Gasteiger partial charge in [-0.3, -0.25) is 4.79 Å². The largest absolute Gasteiger partial charge is 0.334 e. The molecule has 126 valence electrons. The van der Waals surface area contributed by atoms with Gasteiger partial charge in [-0.05, 0) is 73.7 Å². The maximum atomic E-state index is 13.0. The number of thiophene rings is 1. The van der Waals surface area contributed by atoms with Crippen LogP contribution in [-0.2, 0) is 17.6 Å². The van der Waals surface area contributed by atoms with Crippen molar-refractivity contribution < 1.29 is 4.79 Å². The van der Waals surface area contributed by atoms with Gasteiger partial charge in [-0.2, -0.15) is 0 Å². The van der Waals surface area contributed by atoms with Crippen LogP contribution >= 0.6 is 23.1 Å². The summed E-state index contributed by atoms with van der Waals surface area (Å²) in [6, 6.07) is 11.3. The summed E-state index contributed by atoms with van der Waals surface area (Å²) in [4.78, 5) is 17.7. The summed E-state index contributed by atoms with van der Waals surface area (Å²) in [5.41, 5.74) is 2.98. The number of likely N-dealkylation sites (tertiary alicyclic amines) is 1. The maximum absolute atomic E-state index is 13.0. The van der Waals surface area contributed by atoms with E-state index in [0.717, 1.165) is 19.4 Å². The Bertz CT molecular complexity index is 725. The van der Waals surface area contributed by atoms with E-state index < -0.39 is 0 Å². The highest BCUT2D eigenvalue weighted by Gasteiger charge is 2.33. The van der Waals surface area contributed by atoms with E-state index in [1.807, 2.05) is 0 Å². The van der Waals surface area contributed by atoms with Crippen LogP contribution in [0.4, 0.5) is 0 Å². The zero-order valence-corrected chi connectivity index (χ0v) is 15.7. The van der Waals surface area contributed by atoms with Gasteiger partial charge in [-0.15, -0.1) is 23.1 Å². The van der Waals surface area contributed by atoms with Crippen molar-refractivity contribution in [2.75, 3.05) is 6.54 Å². The number of hydrogen-bond acceptors (Lipinski definition) is 3. The molecule has 1 amide bonds. The Labute approximate surface area is 152 Å². The lowest BCUT2D eigenvalue weighted by Crippen LogP contribution is -2.35. The van der Waals surface area contributed by atoms with Gasteiger partial charge in [0.15, 0.2) is 0 Å². The van der Waals surface area contributed by atoms with E-state index in [9.17, 15) is 4.79 Å². The number of carbonyl (C=O) groups is 1. The zero-order valence-electron chi connectivity index (χ0n) is 14.0. The molecular formula is C20H23NOS2. The van der Waals surface area contributed by atoms with Gasteiger partial charge in [0, 0.05) is 16.3 Å². The fraction of sp³-hybridized carbons (Fsp3) is 0.450. The second kappa shape index (κ2) is 6.93. The summed E-state index contributed by atoms with van der Waals surface area (Å²) in [5, 5.41) is 2.09. The average Bonchev–Trinajstić information content (AvgIpc) is 3.32. The maximum Gasteiger partial charge on any atom is 0.236 e. The molecular weight excluding hydrogens is 334 g/mol. The van der Waals surface area contributed by atoms with Crippen molar-refractivity contribution in [3.63, 3.8) is 0 Å². The molecule has 0 bridgehead atoms. The Morgan fingerprint density at radius 3 is 2.96 bits per heavy atom. The lowest BCUT2D eigenvalue weighted by molar-refractivity contribution is -0.131. The van der Waals surface area contributed by atoms with Gasteiger partial charge >= 0.3 is 0 Å². The third-order valence-corrected chi connectivity index (χ3v) is 7.19. The molecule has 0 saturated carbocycles. The molecule has 1 fully saturated rings. The third kappa shape index (κ3) is 3.14. The number of aryl methyl sites for hydroxylation is 2. The standard InChI is InChI=1S/C20H23NOS2/c1-14(24-17-10-9-15-5-2-6-16(15)13-17)20(22)21-11-3-7-18(21)19-8-4-12-23-19/h4,8-10,12-14,18H,2-3,5-7,11H2,1H3. The van der Waals surface area contributed by atoms with Crippen LogP contribution in [0.3, 0.4) is 0 Å². The molecule has 0 spiro atoms. The molecule has 2 aliphatic rings. The molecule has 1 aromatic heterocycles. The molecule has 4 rings (SSSR count). The first kappa shape index (κ1) is 16.2. The quantitative estimate of drug-likeness (QED) is 0.711. The number of carbonyl (C=O) groups excluding carboxylic acids is 1. The van der Waals surface area contributed by atoms with E-state index in [2.05, 4.69) is 47.5 Å². The van der Waals surface area contributed by atoms with Crippen molar-refractivity contribution in [3.8, 4) is 0 Å². The Balaban J connectivity index is 1.46. The molecule has 4 heteroatoms. The molecule has 1 aliphatic carbocycles. The number of rotatable bonds is 4. The minimum atomic E-state index is -0.0231. The molecule has 0 radical (unpaired) electrons. The van der Waals surface area contributed by atoms with Crippen molar-refractivity contribution >= 4 is 29.0 Å². The molecule has 2 unspecified atom stereocenters. The summed E-state index contributed by atoms with van der Waals surface area (Å²) in [5.74, 6) is 0.288. The van der Waals surface area contributed by atoms with Crippen molar-refractivity contribution in [1.82, 2.24) is 4.90 Å². The molecule has 2 aromatic rings. The average molecular weight is 358 g/mol. The second-order valence-corrected chi connectivity index (χ2v) is 9.14. The van der Waals surface area contributed by atoms with Crippen LogP contribution < -0.4 is 0 Å². The molecule has 2 nitrogen and oxygen atoms in total. The summed E-state index contributed by atoms with van der Waals surface area (Å²) in [6.07, 6.45) is 5.89. The fourth-order valence-corrected chi connectivity index (χ4v) is 5.79. The van der Waals surface area contributed by atoms with E-state index in [0.29, 0.717) is 6.04 Å². The van der Waals surface area contributed by atoms with E-state index in [-0.39, 0.29) is 11.2 Å². The van der Waals surface area contributed by atoms with Gasteiger partial charge < -0.3 is 4.90 Å². The third-order valence-electron chi connectivity index (χ3n) is 5.14. The lowest BCUT2D eigenvalue weighted by Gasteiger charge is -2.26. The number of fused-ring (bicyclic) bond motifs is 1. The minimum Gasteiger partial charge on any atom is -0.334 e. The van der Waals surface area contributed by atoms with Gasteiger partial charge in [0.05, 0.1) is 11.3 Å². The van der Waals surface area contributed by atoms with E-state index >= 15 is 0 Å². The molecule has 2 atom stereocenters. The van der Waals surface area contributed by atoms with E-state index in [1.54, 1.807) is 23.1 Å². The van der Waals surface area contributed by atoms with Crippen LogP contribution in [0.2, 0.25) is 0 Å². The number of thioether (sulfide) groups is 1. The molecule has 1 aliphatic heterocycles. The lowest BCUT2D eigenvalue weighted by atomic mass is 10.1. The highest BCUT2D eigenvalue weighted by Crippen LogP contribution is 2.37. The van der Waals surface area contributed by atoms with Crippen LogP contribution in [0.15, 0.2) is 40.6 Å². The van der Waals surface area contributed by atoms with E-state index in [4.69, 9.17) is 0 Å². The Morgan fingerprint density at radius 1 is 1.25 bits per heavy atom. The van der Waals surface area contributed by atoms with Crippen LogP contribution in [0, 0.1) is 0 Å². The van der Waals surface area contributed by atoms with Crippen molar-refractivity contribution in [2.45, 2.75) is 55.2 Å². The van der Waals surface area contributed by atoms with Crippen molar-refractivity contribution in [1.29, 1.82) is 0 Å². The van der Waals surface area contributed by atoms with Crippen LogP contribution in [0.25, 0.3) is 0 Å². The Morgan fingerprint density at radius 2 is 2.12 bits per heavy atom.